The summed E-state index contributed by atoms with van der Waals surface area (Å²) < 4.78 is 0. The van der Waals surface area contributed by atoms with Gasteiger partial charge in [-0.1, -0.05) is 115 Å². The van der Waals surface area contributed by atoms with E-state index in [1.54, 1.807) is 0 Å². The number of allylic oxidation sites excluding steroid dienone is 1. The molecule has 0 radical (unpaired) electrons. The van der Waals surface area contributed by atoms with Gasteiger partial charge < -0.3 is 4.90 Å². The molecule has 0 saturated heterocycles. The van der Waals surface area contributed by atoms with Crippen LogP contribution < -0.4 is 4.90 Å². The van der Waals surface area contributed by atoms with Crippen molar-refractivity contribution in [3.8, 4) is 0 Å². The fourth-order valence-electron chi connectivity index (χ4n) is 5.60. The predicted octanol–water partition coefficient (Wildman–Crippen LogP) is 6.79. The number of para-hydroxylation sites is 1. The van der Waals surface area contributed by atoms with Crippen LogP contribution in [0.2, 0.25) is 0 Å². The second kappa shape index (κ2) is 8.14. The maximum Gasteiger partial charge on any atom is 0.242 e. The molecule has 166 valence electrons. The third-order valence-corrected chi connectivity index (χ3v) is 7.27. The van der Waals surface area contributed by atoms with E-state index in [1.807, 2.05) is 36.2 Å². The molecule has 0 unspecified atom stereocenters. The molecule has 2 heteroatoms. The first-order valence-electron chi connectivity index (χ1n) is 12.0. The van der Waals surface area contributed by atoms with Gasteiger partial charge in [0.15, 0.2) is 0 Å². The van der Waals surface area contributed by atoms with Crippen LogP contribution in [0.25, 0.3) is 5.57 Å². The molecule has 34 heavy (non-hydrogen) atoms. The number of fused-ring (bicyclic) bond motifs is 1. The molecule has 2 nitrogen and oxygen atoms in total. The van der Waals surface area contributed by atoms with Crippen molar-refractivity contribution in [1.82, 2.24) is 0 Å². The van der Waals surface area contributed by atoms with Gasteiger partial charge in [-0.15, -0.1) is 0 Å². The molecule has 4 aromatic rings. The minimum atomic E-state index is -0.751. The average Bonchev–Trinajstić information content (AvgIpc) is 3.70. The van der Waals surface area contributed by atoms with Crippen LogP contribution in [0.5, 0.6) is 0 Å². The maximum atomic E-state index is 14.3. The van der Waals surface area contributed by atoms with Crippen molar-refractivity contribution in [2.75, 3.05) is 11.9 Å². The summed E-state index contributed by atoms with van der Waals surface area (Å²) in [5, 5.41) is 0. The van der Waals surface area contributed by atoms with E-state index in [4.69, 9.17) is 0 Å². The standard InChI is InChI=1S/C32H27NO/c1-33-30-27(29(25-20-21-25)24-14-7-3-8-15-24)18-11-19-28(30)32(31(33)34,26-16-9-4-10-17-26)22-23-12-5-2-6-13-23/h2-19H,20-22H2,1H3/t32-/m1/s1. The number of carbonyl (C=O) groups is 1. The third-order valence-electron chi connectivity index (χ3n) is 7.27. The third kappa shape index (κ3) is 3.21. The number of likely N-dealkylation sites (N-methyl/N-ethyl adjacent to an activating group) is 1. The predicted molar refractivity (Wildman–Crippen MR) is 139 cm³/mol. The lowest BCUT2D eigenvalue weighted by atomic mass is 9.70. The number of benzene rings is 4. The molecule has 1 aliphatic heterocycles. The fraction of sp³-hybridized carbons (Fsp3) is 0.156. The Hall–Kier alpha value is -3.91. The molecule has 6 rings (SSSR count). The summed E-state index contributed by atoms with van der Waals surface area (Å²) in [6, 6.07) is 37.8. The van der Waals surface area contributed by atoms with E-state index in [0.717, 1.165) is 40.8 Å². The number of carbonyl (C=O) groups excluding carboxylic acids is 1. The van der Waals surface area contributed by atoms with Crippen molar-refractivity contribution in [2.45, 2.75) is 24.7 Å². The van der Waals surface area contributed by atoms with E-state index in [2.05, 4.69) is 84.9 Å². The van der Waals surface area contributed by atoms with Gasteiger partial charge in [0.25, 0.3) is 0 Å². The first-order chi connectivity index (χ1) is 16.7. The maximum absolute atomic E-state index is 14.3. The minimum absolute atomic E-state index is 0.137. The highest BCUT2D eigenvalue weighted by Gasteiger charge is 2.52. The highest BCUT2D eigenvalue weighted by atomic mass is 16.2. The zero-order chi connectivity index (χ0) is 23.1. The Morgan fingerprint density at radius 2 is 1.38 bits per heavy atom. The molecule has 1 aliphatic carbocycles. The van der Waals surface area contributed by atoms with Gasteiger partial charge in [-0.25, -0.2) is 0 Å². The molecule has 1 atom stereocenters. The Labute approximate surface area is 201 Å². The number of anilines is 1. The average molecular weight is 442 g/mol. The molecule has 1 saturated carbocycles. The second-order valence-electron chi connectivity index (χ2n) is 9.34. The number of hydrogen-bond donors (Lipinski definition) is 0. The highest BCUT2D eigenvalue weighted by Crippen LogP contribution is 2.52. The topological polar surface area (TPSA) is 20.3 Å². The minimum Gasteiger partial charge on any atom is -0.313 e. The zero-order valence-electron chi connectivity index (χ0n) is 19.4. The van der Waals surface area contributed by atoms with E-state index in [-0.39, 0.29) is 5.91 Å². The van der Waals surface area contributed by atoms with Crippen LogP contribution in [-0.4, -0.2) is 13.0 Å². The van der Waals surface area contributed by atoms with E-state index in [0.29, 0.717) is 6.42 Å². The summed E-state index contributed by atoms with van der Waals surface area (Å²) >= 11 is 0. The van der Waals surface area contributed by atoms with E-state index in [1.165, 1.54) is 16.7 Å². The van der Waals surface area contributed by atoms with Crippen molar-refractivity contribution in [1.29, 1.82) is 0 Å². The summed E-state index contributed by atoms with van der Waals surface area (Å²) in [5.41, 5.74) is 8.76. The van der Waals surface area contributed by atoms with Gasteiger partial charge >= 0.3 is 0 Å². The Morgan fingerprint density at radius 1 is 0.765 bits per heavy atom. The number of amides is 1. The molecular formula is C32H27NO. The van der Waals surface area contributed by atoms with Gasteiger partial charge in [0, 0.05) is 12.6 Å². The fourth-order valence-corrected chi connectivity index (χ4v) is 5.60. The van der Waals surface area contributed by atoms with Crippen molar-refractivity contribution in [2.24, 2.45) is 0 Å². The Balaban J connectivity index is 1.61. The van der Waals surface area contributed by atoms with Crippen LogP contribution in [0, 0.1) is 0 Å². The van der Waals surface area contributed by atoms with Crippen molar-refractivity contribution in [3.63, 3.8) is 0 Å². The van der Waals surface area contributed by atoms with Gasteiger partial charge in [0.05, 0.1) is 5.69 Å². The van der Waals surface area contributed by atoms with Gasteiger partial charge in [-0.05, 0) is 47.1 Å². The van der Waals surface area contributed by atoms with Crippen LogP contribution in [0.1, 0.15) is 40.7 Å². The summed E-state index contributed by atoms with van der Waals surface area (Å²) in [5.74, 6) is 0.137. The first kappa shape index (κ1) is 20.7. The molecule has 2 aliphatic rings. The van der Waals surface area contributed by atoms with Crippen LogP contribution >= 0.6 is 0 Å². The SMILES string of the molecule is CN1C(=O)[C@](Cc2ccccc2)(c2ccccc2)c2cccc(C(=C3CC3)c3ccccc3)c21. The van der Waals surface area contributed by atoms with Gasteiger partial charge in [-0.2, -0.15) is 0 Å². The van der Waals surface area contributed by atoms with Gasteiger partial charge in [0.2, 0.25) is 5.91 Å². The molecule has 1 heterocycles. The van der Waals surface area contributed by atoms with Gasteiger partial charge in [0.1, 0.15) is 5.41 Å². The molecule has 0 spiro atoms. The van der Waals surface area contributed by atoms with Crippen molar-refractivity contribution < 1.29 is 4.79 Å². The lowest BCUT2D eigenvalue weighted by Crippen LogP contribution is -2.41. The lowest BCUT2D eigenvalue weighted by Gasteiger charge is -2.29. The summed E-state index contributed by atoms with van der Waals surface area (Å²) in [6.07, 6.45) is 2.88. The lowest BCUT2D eigenvalue weighted by molar-refractivity contribution is -0.121. The molecule has 1 amide bonds. The molecule has 1 fully saturated rings. The van der Waals surface area contributed by atoms with Crippen LogP contribution in [0.15, 0.2) is 115 Å². The Bertz CT molecular complexity index is 1380. The number of hydrogen-bond acceptors (Lipinski definition) is 1. The molecule has 4 aromatic carbocycles. The van der Waals surface area contributed by atoms with E-state index >= 15 is 0 Å². The first-order valence-corrected chi connectivity index (χ1v) is 12.0. The zero-order valence-corrected chi connectivity index (χ0v) is 19.4. The smallest absolute Gasteiger partial charge is 0.242 e. The van der Waals surface area contributed by atoms with Crippen LogP contribution in [0.4, 0.5) is 5.69 Å². The molecular weight excluding hydrogens is 414 g/mol. The van der Waals surface area contributed by atoms with Crippen LogP contribution in [0.3, 0.4) is 0 Å². The quantitative estimate of drug-likeness (QED) is 0.334. The van der Waals surface area contributed by atoms with Gasteiger partial charge in [-0.3, -0.25) is 4.79 Å². The summed E-state index contributed by atoms with van der Waals surface area (Å²) in [6.45, 7) is 0. The molecule has 0 bridgehead atoms. The number of rotatable bonds is 5. The summed E-state index contributed by atoms with van der Waals surface area (Å²) in [7, 11) is 1.94. The monoisotopic (exact) mass is 441 g/mol. The van der Waals surface area contributed by atoms with Crippen molar-refractivity contribution in [3.05, 3.63) is 143 Å². The van der Waals surface area contributed by atoms with Crippen molar-refractivity contribution >= 4 is 17.2 Å². The Kier molecular flexibility index (Phi) is 4.95. The van der Waals surface area contributed by atoms with E-state index < -0.39 is 5.41 Å². The molecule has 0 aromatic heterocycles. The Morgan fingerprint density at radius 3 is 2.03 bits per heavy atom. The second-order valence-corrected chi connectivity index (χ2v) is 9.34. The highest BCUT2D eigenvalue weighted by molar-refractivity contribution is 6.13. The molecule has 0 N–H and O–H groups in total. The summed E-state index contributed by atoms with van der Waals surface area (Å²) in [4.78, 5) is 16.2. The normalized spacial score (nSPS) is 18.7. The van der Waals surface area contributed by atoms with Crippen LogP contribution in [-0.2, 0) is 16.6 Å². The number of nitrogens with zero attached hydrogens (tertiary/aromatic N) is 1. The largest absolute Gasteiger partial charge is 0.313 e. The van der Waals surface area contributed by atoms with E-state index in [9.17, 15) is 4.79 Å².